The van der Waals surface area contributed by atoms with Gasteiger partial charge in [-0.3, -0.25) is 0 Å². The van der Waals surface area contributed by atoms with Crippen LogP contribution in [0.3, 0.4) is 0 Å². The van der Waals surface area contributed by atoms with Gasteiger partial charge in [-0.15, -0.1) is 0 Å². The molecule has 2 fully saturated rings. The summed E-state index contributed by atoms with van der Waals surface area (Å²) < 4.78 is 28.1. The SMILES string of the molecule is CC[Si](CC)(CC)O[C@H]1C[C@@](C)(O[Si](CC)(CC)CC)[C@H]2CC[C@@](O)(C(=O)[O-])[C@H](O2)[C@H](O)[C@@]1(O)[C@H](C)CO[Si](C(C)C)(C(C)C)C(C)C.[K+]. The molecule has 13 heteroatoms. The van der Waals surface area contributed by atoms with Gasteiger partial charge < -0.3 is 43.2 Å². The number of ether oxygens (including phenoxy) is 1. The molecule has 49 heavy (non-hydrogen) atoms. The van der Waals surface area contributed by atoms with Crippen LogP contribution in [0.4, 0.5) is 0 Å². The van der Waals surface area contributed by atoms with E-state index in [2.05, 4.69) is 83.1 Å². The molecule has 2 aliphatic rings. The van der Waals surface area contributed by atoms with Crippen LogP contribution in [-0.2, 0) is 22.8 Å². The van der Waals surface area contributed by atoms with Crippen molar-refractivity contribution >= 4 is 30.9 Å². The largest absolute Gasteiger partial charge is 1.00 e. The second-order valence-corrected chi connectivity index (χ2v) is 31.2. The summed E-state index contributed by atoms with van der Waals surface area (Å²) in [4.78, 5) is 12.7. The van der Waals surface area contributed by atoms with Gasteiger partial charge in [-0.25, -0.2) is 0 Å². The zero-order chi connectivity index (χ0) is 37.1. The third-order valence-corrected chi connectivity index (χ3v) is 28.8. The van der Waals surface area contributed by atoms with Crippen molar-refractivity contribution in [2.75, 3.05) is 6.61 Å². The van der Waals surface area contributed by atoms with Gasteiger partial charge in [0.25, 0.3) is 0 Å². The molecule has 0 radical (unpaired) electrons. The topological polar surface area (TPSA) is 138 Å². The van der Waals surface area contributed by atoms with E-state index >= 15 is 0 Å². The van der Waals surface area contributed by atoms with Gasteiger partial charge in [0.15, 0.2) is 25.0 Å². The predicted octanol–water partition coefficient (Wildman–Crippen LogP) is 3.51. The molecule has 0 aromatic heterocycles. The Morgan fingerprint density at radius 3 is 1.69 bits per heavy atom. The maximum absolute atomic E-state index is 13.3. The van der Waals surface area contributed by atoms with Crippen LogP contribution in [0.2, 0.25) is 52.9 Å². The van der Waals surface area contributed by atoms with Crippen LogP contribution in [0, 0.1) is 5.92 Å². The van der Waals surface area contributed by atoms with E-state index in [0.717, 1.165) is 36.3 Å². The molecule has 9 nitrogen and oxygen atoms in total. The van der Waals surface area contributed by atoms with Gasteiger partial charge in [0.1, 0.15) is 23.4 Å². The molecule has 0 spiro atoms. The molecule has 284 valence electrons. The van der Waals surface area contributed by atoms with Crippen molar-refractivity contribution in [3.05, 3.63) is 0 Å². The summed E-state index contributed by atoms with van der Waals surface area (Å²) in [6.07, 6.45) is -4.73. The molecule has 0 aromatic carbocycles. The number of aliphatic hydroxyl groups is 3. The average Bonchev–Trinajstić information content (AvgIpc) is 3.04. The first kappa shape index (κ1) is 48.5. The maximum atomic E-state index is 13.3. The summed E-state index contributed by atoms with van der Waals surface area (Å²) >= 11 is 0. The molecular formula is C36H73KO9Si3. The maximum Gasteiger partial charge on any atom is 1.00 e. The van der Waals surface area contributed by atoms with Crippen molar-refractivity contribution in [3.63, 3.8) is 0 Å². The Balaban J connectivity index is 0.0000120. The van der Waals surface area contributed by atoms with E-state index in [4.69, 9.17) is 18.0 Å². The Morgan fingerprint density at radius 2 is 1.31 bits per heavy atom. The first-order chi connectivity index (χ1) is 22.1. The van der Waals surface area contributed by atoms with Crippen LogP contribution in [-0.4, -0.2) is 94.1 Å². The minimum absolute atomic E-state index is 0. The van der Waals surface area contributed by atoms with E-state index in [1.165, 1.54) is 0 Å². The standard InChI is InChI=1S/C36H74O9Si3.K/c1-15-46(16-2,17-3)44-30-23-34(14,45-47(18-4,19-5)20-6)29-21-22-35(40,33(38)39)32(43-29)31(37)36(30,41)28(13)24-42-48(25(7)8,26(9)10)27(11)12;/h25-32,37,40-41H,15-24H2,1-14H3,(H,38,39);/q;+1/p-1/t28-,29-,30+,31+,32-,34-,35+,36-;/m1./s1. The fourth-order valence-electron chi connectivity index (χ4n) is 9.47. The molecule has 2 saturated heterocycles. The fourth-order valence-corrected chi connectivity index (χ4v) is 21.0. The second-order valence-electron chi connectivity index (χ2n) is 16.4. The Bertz CT molecular complexity index is 1000. The summed E-state index contributed by atoms with van der Waals surface area (Å²) in [6, 6.07) is 5.13. The molecule has 8 atom stereocenters. The molecule has 0 unspecified atom stereocenters. The van der Waals surface area contributed by atoms with Crippen LogP contribution in [0.1, 0.15) is 116 Å². The van der Waals surface area contributed by atoms with E-state index in [1.54, 1.807) is 0 Å². The summed E-state index contributed by atoms with van der Waals surface area (Å²) in [6.45, 7) is 30.1. The van der Waals surface area contributed by atoms with Crippen LogP contribution >= 0.6 is 0 Å². The number of rotatable bonds is 18. The minimum atomic E-state index is -2.51. The summed E-state index contributed by atoms with van der Waals surface area (Å²) in [5.41, 5.74) is -4.63. The Labute approximate surface area is 345 Å². The van der Waals surface area contributed by atoms with Crippen molar-refractivity contribution in [1.29, 1.82) is 0 Å². The quantitative estimate of drug-likeness (QED) is 0.179. The number of hydrogen-bond acceptors (Lipinski definition) is 9. The molecule has 0 aromatic rings. The zero-order valence-corrected chi connectivity index (χ0v) is 40.1. The van der Waals surface area contributed by atoms with E-state index in [-0.39, 0.29) is 77.3 Å². The molecular weight excluding hydrogens is 700 g/mol. The number of carbonyl (C=O) groups is 1. The third kappa shape index (κ3) is 9.31. The third-order valence-electron chi connectivity index (χ3n) is 13.3. The van der Waals surface area contributed by atoms with Gasteiger partial charge in [0.05, 0.1) is 23.8 Å². The molecule has 0 aliphatic carbocycles. The minimum Gasteiger partial charge on any atom is -0.547 e. The van der Waals surface area contributed by atoms with E-state index in [1.807, 2.05) is 13.8 Å². The van der Waals surface area contributed by atoms with Crippen molar-refractivity contribution in [1.82, 2.24) is 0 Å². The van der Waals surface area contributed by atoms with Crippen LogP contribution in [0.5, 0.6) is 0 Å². The van der Waals surface area contributed by atoms with Gasteiger partial charge in [-0.1, -0.05) is 90.0 Å². The first-order valence-electron chi connectivity index (χ1n) is 19.2. The van der Waals surface area contributed by atoms with E-state index in [9.17, 15) is 25.2 Å². The van der Waals surface area contributed by atoms with Crippen molar-refractivity contribution in [2.24, 2.45) is 5.92 Å². The van der Waals surface area contributed by atoms with Gasteiger partial charge in [0, 0.05) is 18.9 Å². The number of hydrogen-bond donors (Lipinski definition) is 3. The summed E-state index contributed by atoms with van der Waals surface area (Å²) in [5, 5.41) is 50.1. The van der Waals surface area contributed by atoms with Crippen molar-refractivity contribution in [2.45, 2.75) is 210 Å². The van der Waals surface area contributed by atoms with Gasteiger partial charge in [-0.05, 0) is 72.7 Å². The zero-order valence-electron chi connectivity index (χ0n) is 34.0. The van der Waals surface area contributed by atoms with Gasteiger partial charge in [-0.2, -0.15) is 0 Å². The fraction of sp³-hybridized carbons (Fsp3) is 0.972. The Hall–Kier alpha value is 1.48. The smallest absolute Gasteiger partial charge is 0.547 e. The summed E-state index contributed by atoms with van der Waals surface area (Å²) in [7, 11) is -7.13. The molecule has 3 N–H and O–H groups in total. The van der Waals surface area contributed by atoms with Crippen LogP contribution in [0.15, 0.2) is 0 Å². The normalized spacial score (nSPS) is 32.2. The summed E-state index contributed by atoms with van der Waals surface area (Å²) in [5.74, 6) is -2.43. The number of carboxylic acid groups (broad SMARTS) is 1. The molecule has 2 aliphatic heterocycles. The van der Waals surface area contributed by atoms with Crippen molar-refractivity contribution in [3.8, 4) is 0 Å². The molecule has 0 saturated carbocycles. The van der Waals surface area contributed by atoms with E-state index in [0.29, 0.717) is 16.6 Å². The molecule has 2 heterocycles. The monoisotopic (exact) mass is 772 g/mol. The molecule has 0 amide bonds. The second kappa shape index (κ2) is 18.9. The van der Waals surface area contributed by atoms with Crippen LogP contribution in [0.25, 0.3) is 0 Å². The van der Waals surface area contributed by atoms with E-state index < -0.39 is 78.1 Å². The number of carboxylic acids is 1. The Morgan fingerprint density at radius 1 is 0.857 bits per heavy atom. The predicted molar refractivity (Wildman–Crippen MR) is 198 cm³/mol. The number of carbonyl (C=O) groups excluding carboxylic acids is 1. The van der Waals surface area contributed by atoms with Gasteiger partial charge in [0.2, 0.25) is 0 Å². The van der Waals surface area contributed by atoms with Crippen molar-refractivity contribution < 1.29 is 94.6 Å². The average molecular weight is 773 g/mol. The van der Waals surface area contributed by atoms with Gasteiger partial charge >= 0.3 is 51.4 Å². The molecule has 2 rings (SSSR count). The Kier molecular flexibility index (Phi) is 18.7. The number of aliphatic hydroxyl groups excluding tert-OH is 1. The number of aliphatic carboxylic acids is 1. The van der Waals surface area contributed by atoms with Crippen LogP contribution < -0.4 is 56.5 Å². The molecule has 2 bridgehead atoms. The first-order valence-corrected chi connectivity index (χ1v) is 26.4. The number of fused-ring (bicyclic) bond motifs is 2.